The van der Waals surface area contributed by atoms with Gasteiger partial charge >= 0.3 is 0 Å². The molecule has 1 unspecified atom stereocenters. The van der Waals surface area contributed by atoms with Crippen molar-refractivity contribution >= 4 is 0 Å². The van der Waals surface area contributed by atoms with Crippen LogP contribution in [-0.2, 0) is 11.3 Å². The Bertz CT molecular complexity index is 521. The highest BCUT2D eigenvalue weighted by molar-refractivity contribution is 5.51. The van der Waals surface area contributed by atoms with Gasteiger partial charge in [-0.3, -0.25) is 0 Å². The summed E-state index contributed by atoms with van der Waals surface area (Å²) in [4.78, 5) is 0. The zero-order valence-electron chi connectivity index (χ0n) is 11.4. The Morgan fingerprint density at radius 2 is 2.05 bits per heavy atom. The van der Waals surface area contributed by atoms with Gasteiger partial charge in [0, 0.05) is 18.7 Å². The number of hydrogen-bond donors (Lipinski definition) is 1. The Kier molecular flexibility index (Phi) is 4.40. The lowest BCUT2D eigenvalue weighted by atomic mass is 10.1. The molecule has 0 amide bonds. The third-order valence-corrected chi connectivity index (χ3v) is 3.41. The molecule has 106 valence electrons. The van der Waals surface area contributed by atoms with Crippen LogP contribution in [0.4, 0.5) is 0 Å². The van der Waals surface area contributed by atoms with Crippen molar-refractivity contribution in [3.05, 3.63) is 36.2 Å². The number of rotatable bonds is 5. The van der Waals surface area contributed by atoms with Crippen molar-refractivity contribution < 1.29 is 9.15 Å². The number of benzene rings is 1. The molecule has 20 heavy (non-hydrogen) atoms. The summed E-state index contributed by atoms with van der Waals surface area (Å²) in [5.41, 5.74) is 0.946. The van der Waals surface area contributed by atoms with Gasteiger partial charge in [0.1, 0.15) is 0 Å². The van der Waals surface area contributed by atoms with Crippen LogP contribution in [0, 0.1) is 0 Å². The third kappa shape index (κ3) is 3.43. The van der Waals surface area contributed by atoms with E-state index >= 15 is 0 Å². The van der Waals surface area contributed by atoms with Gasteiger partial charge in [0.2, 0.25) is 11.8 Å². The van der Waals surface area contributed by atoms with Crippen molar-refractivity contribution in [3.8, 4) is 11.5 Å². The van der Waals surface area contributed by atoms with Gasteiger partial charge < -0.3 is 14.5 Å². The van der Waals surface area contributed by atoms with Crippen molar-refractivity contribution in [2.45, 2.75) is 31.9 Å². The lowest BCUT2D eigenvalue weighted by Crippen LogP contribution is -2.31. The molecule has 0 saturated carbocycles. The summed E-state index contributed by atoms with van der Waals surface area (Å²) in [5, 5.41) is 11.4. The SMILES string of the molecule is c1ccc(-c2nnc(CNCC3CCCCO3)o2)cc1. The molecule has 0 bridgehead atoms. The zero-order chi connectivity index (χ0) is 13.6. The van der Waals surface area contributed by atoms with E-state index in [-0.39, 0.29) is 0 Å². The van der Waals surface area contributed by atoms with Crippen molar-refractivity contribution in [1.82, 2.24) is 15.5 Å². The molecule has 5 heteroatoms. The third-order valence-electron chi connectivity index (χ3n) is 3.41. The summed E-state index contributed by atoms with van der Waals surface area (Å²) in [7, 11) is 0. The molecule has 1 saturated heterocycles. The fourth-order valence-electron chi connectivity index (χ4n) is 2.33. The highest BCUT2D eigenvalue weighted by Gasteiger charge is 2.14. The van der Waals surface area contributed by atoms with Crippen molar-refractivity contribution in [3.63, 3.8) is 0 Å². The maximum atomic E-state index is 5.66. The van der Waals surface area contributed by atoms with Crippen LogP contribution in [-0.4, -0.2) is 29.5 Å². The summed E-state index contributed by atoms with van der Waals surface area (Å²) in [6, 6.07) is 9.80. The number of nitrogens with zero attached hydrogens (tertiary/aromatic N) is 2. The van der Waals surface area contributed by atoms with Crippen LogP contribution in [0.3, 0.4) is 0 Å². The molecule has 1 fully saturated rings. The minimum atomic E-state index is 0.320. The van der Waals surface area contributed by atoms with E-state index in [1.807, 2.05) is 30.3 Å². The standard InChI is InChI=1S/C15H19N3O2/c1-2-6-12(7-3-1)15-18-17-14(20-15)11-16-10-13-8-4-5-9-19-13/h1-3,6-7,13,16H,4-5,8-11H2. The van der Waals surface area contributed by atoms with Gasteiger partial charge in [-0.05, 0) is 31.4 Å². The minimum Gasteiger partial charge on any atom is -0.419 e. The van der Waals surface area contributed by atoms with Crippen LogP contribution in [0.5, 0.6) is 0 Å². The van der Waals surface area contributed by atoms with E-state index in [1.165, 1.54) is 12.8 Å². The molecule has 1 aliphatic rings. The lowest BCUT2D eigenvalue weighted by molar-refractivity contribution is 0.0165. The van der Waals surface area contributed by atoms with E-state index in [4.69, 9.17) is 9.15 Å². The fraction of sp³-hybridized carbons (Fsp3) is 0.467. The highest BCUT2D eigenvalue weighted by atomic mass is 16.5. The summed E-state index contributed by atoms with van der Waals surface area (Å²) >= 11 is 0. The summed E-state index contributed by atoms with van der Waals surface area (Å²) in [6.45, 7) is 2.30. The second kappa shape index (κ2) is 6.63. The van der Waals surface area contributed by atoms with E-state index in [9.17, 15) is 0 Å². The molecule has 2 aromatic rings. The van der Waals surface area contributed by atoms with Crippen molar-refractivity contribution in [2.75, 3.05) is 13.2 Å². The predicted octanol–water partition coefficient (Wildman–Crippen LogP) is 2.40. The van der Waals surface area contributed by atoms with Gasteiger partial charge in [0.05, 0.1) is 12.6 Å². The van der Waals surface area contributed by atoms with Crippen molar-refractivity contribution in [1.29, 1.82) is 0 Å². The van der Waals surface area contributed by atoms with Gasteiger partial charge in [0.15, 0.2) is 0 Å². The molecule has 1 N–H and O–H groups in total. The molecule has 1 atom stereocenters. The van der Waals surface area contributed by atoms with Crippen LogP contribution in [0.1, 0.15) is 25.2 Å². The maximum Gasteiger partial charge on any atom is 0.247 e. The first-order chi connectivity index (χ1) is 9.92. The summed E-state index contributed by atoms with van der Waals surface area (Å²) < 4.78 is 11.3. The number of aromatic nitrogens is 2. The molecular formula is C15H19N3O2. The van der Waals surface area contributed by atoms with Crippen LogP contribution in [0.25, 0.3) is 11.5 Å². The van der Waals surface area contributed by atoms with Crippen LogP contribution < -0.4 is 5.32 Å². The molecule has 0 spiro atoms. The molecule has 1 aromatic carbocycles. The quantitative estimate of drug-likeness (QED) is 0.906. The minimum absolute atomic E-state index is 0.320. The van der Waals surface area contributed by atoms with Crippen LogP contribution in [0.15, 0.2) is 34.7 Å². The molecule has 1 aliphatic heterocycles. The normalized spacial score (nSPS) is 19.1. The fourth-order valence-corrected chi connectivity index (χ4v) is 2.33. The largest absolute Gasteiger partial charge is 0.419 e. The predicted molar refractivity (Wildman–Crippen MR) is 75.0 cm³/mol. The van der Waals surface area contributed by atoms with E-state index in [1.54, 1.807) is 0 Å². The van der Waals surface area contributed by atoms with Crippen LogP contribution in [0.2, 0.25) is 0 Å². The number of ether oxygens (including phenoxy) is 1. The first-order valence-corrected chi connectivity index (χ1v) is 7.12. The van der Waals surface area contributed by atoms with E-state index in [0.717, 1.165) is 25.1 Å². The Morgan fingerprint density at radius 1 is 1.15 bits per heavy atom. The van der Waals surface area contributed by atoms with Gasteiger partial charge in [-0.2, -0.15) is 0 Å². The molecule has 0 aliphatic carbocycles. The summed E-state index contributed by atoms with van der Waals surface area (Å²) in [6.07, 6.45) is 3.89. The number of nitrogens with one attached hydrogen (secondary N) is 1. The second-order valence-electron chi connectivity index (χ2n) is 4.99. The van der Waals surface area contributed by atoms with E-state index < -0.39 is 0 Å². The van der Waals surface area contributed by atoms with Gasteiger partial charge in [-0.25, -0.2) is 0 Å². The maximum absolute atomic E-state index is 5.66. The first-order valence-electron chi connectivity index (χ1n) is 7.12. The van der Waals surface area contributed by atoms with E-state index in [0.29, 0.717) is 24.4 Å². The average molecular weight is 273 g/mol. The van der Waals surface area contributed by atoms with Gasteiger partial charge in [0.25, 0.3) is 0 Å². The molecule has 5 nitrogen and oxygen atoms in total. The Hall–Kier alpha value is -1.72. The smallest absolute Gasteiger partial charge is 0.247 e. The molecule has 3 rings (SSSR count). The molecule has 2 heterocycles. The summed E-state index contributed by atoms with van der Waals surface area (Å²) in [5.74, 6) is 1.18. The Morgan fingerprint density at radius 3 is 2.85 bits per heavy atom. The topological polar surface area (TPSA) is 60.2 Å². The zero-order valence-corrected chi connectivity index (χ0v) is 11.4. The Labute approximate surface area is 118 Å². The molecular weight excluding hydrogens is 254 g/mol. The van der Waals surface area contributed by atoms with Crippen molar-refractivity contribution in [2.24, 2.45) is 0 Å². The van der Waals surface area contributed by atoms with Crippen LogP contribution >= 0.6 is 0 Å². The highest BCUT2D eigenvalue weighted by Crippen LogP contribution is 2.17. The number of hydrogen-bond acceptors (Lipinski definition) is 5. The van der Waals surface area contributed by atoms with Gasteiger partial charge in [-0.15, -0.1) is 10.2 Å². The second-order valence-corrected chi connectivity index (χ2v) is 4.99. The molecule has 0 radical (unpaired) electrons. The average Bonchev–Trinajstić information content (AvgIpc) is 2.98. The van der Waals surface area contributed by atoms with E-state index in [2.05, 4.69) is 15.5 Å². The lowest BCUT2D eigenvalue weighted by Gasteiger charge is -2.22. The monoisotopic (exact) mass is 273 g/mol. The first kappa shape index (κ1) is 13.3. The molecule has 1 aromatic heterocycles. The van der Waals surface area contributed by atoms with Gasteiger partial charge in [-0.1, -0.05) is 18.2 Å². The Balaban J connectivity index is 1.50.